The van der Waals surface area contributed by atoms with Crippen LogP contribution >= 0.6 is 0 Å². The van der Waals surface area contributed by atoms with E-state index in [2.05, 4.69) is 5.32 Å². The highest BCUT2D eigenvalue weighted by atomic mass is 16.3. The molecule has 0 aliphatic heterocycles. The van der Waals surface area contributed by atoms with Gasteiger partial charge in [-0.1, -0.05) is 30.3 Å². The topological polar surface area (TPSA) is 52.5 Å². The number of rotatable bonds is 5. The van der Waals surface area contributed by atoms with Crippen molar-refractivity contribution in [3.8, 4) is 0 Å². The zero-order chi connectivity index (χ0) is 11.6. The molecule has 2 atom stereocenters. The lowest BCUT2D eigenvalue weighted by Crippen LogP contribution is -2.44. The monoisotopic (exact) mass is 221 g/mol. The van der Waals surface area contributed by atoms with Gasteiger partial charge >= 0.3 is 0 Å². The van der Waals surface area contributed by atoms with E-state index >= 15 is 0 Å². The first-order valence-electron chi connectivity index (χ1n) is 5.78. The van der Waals surface area contributed by atoms with Crippen LogP contribution in [0, 0.1) is 0 Å². The molecule has 88 valence electrons. The number of nitrogens with one attached hydrogen (secondary N) is 1. The maximum absolute atomic E-state index is 10.1. The molecular formula is C13H19NO2. The lowest BCUT2D eigenvalue weighted by Gasteiger charge is -2.25. The van der Waals surface area contributed by atoms with Gasteiger partial charge in [0, 0.05) is 11.6 Å². The summed E-state index contributed by atoms with van der Waals surface area (Å²) in [7, 11) is 0. The van der Waals surface area contributed by atoms with Gasteiger partial charge in [0.15, 0.2) is 0 Å². The molecule has 3 heteroatoms. The minimum Gasteiger partial charge on any atom is -0.394 e. The van der Waals surface area contributed by atoms with Crippen LogP contribution in [0.1, 0.15) is 31.4 Å². The largest absolute Gasteiger partial charge is 0.394 e. The molecule has 1 aromatic carbocycles. The Bertz CT molecular complexity index is 335. The Kier molecular flexibility index (Phi) is 3.28. The van der Waals surface area contributed by atoms with E-state index in [-0.39, 0.29) is 18.2 Å². The second-order valence-corrected chi connectivity index (χ2v) is 4.73. The van der Waals surface area contributed by atoms with Crippen molar-refractivity contribution in [2.24, 2.45) is 0 Å². The lowest BCUT2D eigenvalue weighted by atomic mass is 10.0. The normalized spacial score (nSPS) is 21.4. The van der Waals surface area contributed by atoms with Gasteiger partial charge in [-0.3, -0.25) is 0 Å². The second kappa shape index (κ2) is 4.53. The van der Waals surface area contributed by atoms with Crippen LogP contribution in [0.2, 0.25) is 0 Å². The molecule has 0 heterocycles. The number of benzene rings is 1. The molecule has 3 nitrogen and oxygen atoms in total. The Morgan fingerprint density at radius 1 is 1.31 bits per heavy atom. The van der Waals surface area contributed by atoms with Crippen molar-refractivity contribution in [2.45, 2.75) is 37.5 Å². The van der Waals surface area contributed by atoms with E-state index in [4.69, 9.17) is 0 Å². The van der Waals surface area contributed by atoms with Crippen LogP contribution in [0.25, 0.3) is 0 Å². The number of aliphatic hydroxyl groups is 2. The molecule has 16 heavy (non-hydrogen) atoms. The van der Waals surface area contributed by atoms with Crippen molar-refractivity contribution >= 4 is 0 Å². The lowest BCUT2D eigenvalue weighted by molar-refractivity contribution is 0.115. The van der Waals surface area contributed by atoms with Gasteiger partial charge in [-0.2, -0.15) is 0 Å². The molecule has 1 aromatic rings. The molecule has 0 radical (unpaired) electrons. The third kappa shape index (κ3) is 2.43. The van der Waals surface area contributed by atoms with E-state index in [1.54, 1.807) is 0 Å². The van der Waals surface area contributed by atoms with Gasteiger partial charge < -0.3 is 15.5 Å². The highest BCUT2D eigenvalue weighted by Gasteiger charge is 2.43. The summed E-state index contributed by atoms with van der Waals surface area (Å²) in [6.07, 6.45) is 1.47. The van der Waals surface area contributed by atoms with Gasteiger partial charge in [0.05, 0.1) is 12.7 Å². The van der Waals surface area contributed by atoms with Crippen LogP contribution in [-0.2, 0) is 0 Å². The first-order chi connectivity index (χ1) is 7.67. The average Bonchev–Trinajstić information content (AvgIpc) is 3.09. The highest BCUT2D eigenvalue weighted by molar-refractivity contribution is 5.19. The first-order valence-corrected chi connectivity index (χ1v) is 5.78. The maximum Gasteiger partial charge on any atom is 0.0940 e. The van der Waals surface area contributed by atoms with Gasteiger partial charge in [-0.05, 0) is 25.3 Å². The average molecular weight is 221 g/mol. The standard InChI is InChI=1S/C13H19NO2/c1-10(14-13(9-15)7-8-13)12(16)11-5-3-2-4-6-11/h2-6,10,12,14-16H,7-9H2,1H3. The van der Waals surface area contributed by atoms with Crippen LogP contribution in [0.5, 0.6) is 0 Å². The third-order valence-corrected chi connectivity index (χ3v) is 3.30. The van der Waals surface area contributed by atoms with Gasteiger partial charge in [0.2, 0.25) is 0 Å². The van der Waals surface area contributed by atoms with Crippen LogP contribution in [0.3, 0.4) is 0 Å². The summed E-state index contributed by atoms with van der Waals surface area (Å²) in [5.41, 5.74) is 0.783. The molecule has 2 rings (SSSR count). The van der Waals surface area contributed by atoms with E-state index in [0.29, 0.717) is 0 Å². The maximum atomic E-state index is 10.1. The van der Waals surface area contributed by atoms with E-state index in [1.807, 2.05) is 37.3 Å². The van der Waals surface area contributed by atoms with Crippen molar-refractivity contribution in [1.29, 1.82) is 0 Å². The van der Waals surface area contributed by atoms with Crippen molar-refractivity contribution in [1.82, 2.24) is 5.32 Å². The number of hydrogen-bond donors (Lipinski definition) is 3. The van der Waals surface area contributed by atoms with E-state index in [9.17, 15) is 10.2 Å². The molecule has 1 saturated carbocycles. The van der Waals surface area contributed by atoms with Crippen LogP contribution < -0.4 is 5.32 Å². The predicted molar refractivity (Wildman–Crippen MR) is 63.1 cm³/mol. The molecule has 0 aromatic heterocycles. The van der Waals surface area contributed by atoms with Crippen molar-refractivity contribution in [3.63, 3.8) is 0 Å². The minimum atomic E-state index is -0.523. The van der Waals surface area contributed by atoms with E-state index in [1.165, 1.54) is 0 Å². The van der Waals surface area contributed by atoms with E-state index < -0.39 is 6.10 Å². The molecule has 0 bridgehead atoms. The van der Waals surface area contributed by atoms with Crippen LogP contribution in [0.4, 0.5) is 0 Å². The number of aliphatic hydroxyl groups excluding tert-OH is 2. The Morgan fingerprint density at radius 3 is 2.44 bits per heavy atom. The number of hydrogen-bond acceptors (Lipinski definition) is 3. The predicted octanol–water partition coefficient (Wildman–Crippen LogP) is 1.22. The van der Waals surface area contributed by atoms with Gasteiger partial charge in [-0.15, -0.1) is 0 Å². The van der Waals surface area contributed by atoms with Gasteiger partial charge in [-0.25, -0.2) is 0 Å². The SMILES string of the molecule is CC(NC1(CO)CC1)C(O)c1ccccc1. The molecule has 0 saturated heterocycles. The van der Waals surface area contributed by atoms with Crippen molar-refractivity contribution < 1.29 is 10.2 Å². The molecular weight excluding hydrogens is 202 g/mol. The molecule has 0 amide bonds. The van der Waals surface area contributed by atoms with Crippen molar-refractivity contribution in [2.75, 3.05) is 6.61 Å². The summed E-state index contributed by atoms with van der Waals surface area (Å²) in [5, 5.41) is 22.7. The van der Waals surface area contributed by atoms with E-state index in [0.717, 1.165) is 18.4 Å². The Balaban J connectivity index is 1.97. The van der Waals surface area contributed by atoms with Crippen molar-refractivity contribution in [3.05, 3.63) is 35.9 Å². The zero-order valence-electron chi connectivity index (χ0n) is 9.56. The molecule has 2 unspecified atom stereocenters. The molecule has 1 fully saturated rings. The molecule has 1 aliphatic rings. The minimum absolute atomic E-state index is 0.0444. The summed E-state index contributed by atoms with van der Waals surface area (Å²) in [6, 6.07) is 9.57. The van der Waals surface area contributed by atoms with Crippen LogP contribution in [-0.4, -0.2) is 28.4 Å². The fourth-order valence-corrected chi connectivity index (χ4v) is 2.00. The quantitative estimate of drug-likeness (QED) is 0.701. The fourth-order valence-electron chi connectivity index (χ4n) is 2.00. The molecule has 1 aliphatic carbocycles. The Labute approximate surface area is 96.1 Å². The van der Waals surface area contributed by atoms with Gasteiger partial charge in [0.25, 0.3) is 0 Å². The summed E-state index contributed by atoms with van der Waals surface area (Å²) in [4.78, 5) is 0. The Hall–Kier alpha value is -0.900. The highest BCUT2D eigenvalue weighted by Crippen LogP contribution is 2.36. The first kappa shape index (κ1) is 11.6. The summed E-state index contributed by atoms with van der Waals surface area (Å²) >= 11 is 0. The van der Waals surface area contributed by atoms with Gasteiger partial charge in [0.1, 0.15) is 0 Å². The zero-order valence-corrected chi connectivity index (χ0v) is 9.56. The smallest absolute Gasteiger partial charge is 0.0940 e. The Morgan fingerprint density at radius 2 is 1.94 bits per heavy atom. The molecule has 3 N–H and O–H groups in total. The summed E-state index contributed by atoms with van der Waals surface area (Å²) < 4.78 is 0. The second-order valence-electron chi connectivity index (χ2n) is 4.73. The fraction of sp³-hybridized carbons (Fsp3) is 0.538. The summed E-state index contributed by atoms with van der Waals surface area (Å²) in [6.45, 7) is 2.10. The van der Waals surface area contributed by atoms with Crippen LogP contribution in [0.15, 0.2) is 30.3 Å². The summed E-state index contributed by atoms with van der Waals surface area (Å²) in [5.74, 6) is 0. The third-order valence-electron chi connectivity index (χ3n) is 3.30. The molecule has 0 spiro atoms.